The molecule has 0 aliphatic heterocycles. The highest BCUT2D eigenvalue weighted by atomic mass is 14.8. The summed E-state index contributed by atoms with van der Waals surface area (Å²) < 4.78 is 0. The molecule has 0 atom stereocenters. The van der Waals surface area contributed by atoms with Gasteiger partial charge in [-0.05, 0) is 67.1 Å². The van der Waals surface area contributed by atoms with Gasteiger partial charge in [-0.25, -0.2) is 4.98 Å². The molecule has 0 N–H and O–H groups in total. The first-order valence-electron chi connectivity index (χ1n) is 15.7. The van der Waals surface area contributed by atoms with Gasteiger partial charge in [-0.3, -0.25) is 4.98 Å². The molecule has 0 amide bonds. The normalized spacial score (nSPS) is 11.5. The molecule has 2 aromatic heterocycles. The van der Waals surface area contributed by atoms with Crippen LogP contribution in [0.15, 0.2) is 170 Å². The fourth-order valence-electron chi connectivity index (χ4n) is 7.08. The predicted octanol–water partition coefficient (Wildman–Crippen LogP) is 11.8. The Morgan fingerprint density at radius 1 is 0.326 bits per heavy atom. The van der Waals surface area contributed by atoms with Gasteiger partial charge in [-0.15, -0.1) is 0 Å². The minimum Gasteiger partial charge on any atom is -0.254 e. The second kappa shape index (κ2) is 10.8. The van der Waals surface area contributed by atoms with Crippen LogP contribution in [-0.2, 0) is 0 Å². The number of nitrogens with zero attached hydrogens (tertiary/aromatic N) is 2. The number of rotatable bonds is 4. The lowest BCUT2D eigenvalue weighted by Gasteiger charge is -2.19. The predicted molar refractivity (Wildman–Crippen MR) is 194 cm³/mol. The molecule has 214 valence electrons. The molecule has 0 saturated heterocycles. The third kappa shape index (κ3) is 4.19. The van der Waals surface area contributed by atoms with E-state index in [1.165, 1.54) is 38.2 Å². The molecule has 0 unspecified atom stereocenters. The molecule has 0 bridgehead atoms. The van der Waals surface area contributed by atoms with E-state index in [2.05, 4.69) is 164 Å². The summed E-state index contributed by atoms with van der Waals surface area (Å²) in [5.41, 5.74) is 11.0. The molecule has 9 aromatic rings. The first kappa shape index (κ1) is 26.3. The van der Waals surface area contributed by atoms with E-state index in [0.717, 1.165) is 49.8 Å². The zero-order chi connectivity index (χ0) is 30.5. The standard InChI is InChI=1S/C44H28N2/c1-4-14-29(15-5-1)32-26-27-45-43-37(32)24-25-38-39(30-16-6-2-7-17-30)28-40(46-44(38)43)42-35-22-12-10-20-33(35)41(31-18-8-3-9-19-31)34-21-11-13-23-36(34)42/h1-28H. The van der Waals surface area contributed by atoms with Crippen molar-refractivity contribution in [2.24, 2.45) is 0 Å². The monoisotopic (exact) mass is 584 g/mol. The Hall–Kier alpha value is -6.12. The van der Waals surface area contributed by atoms with E-state index in [4.69, 9.17) is 9.97 Å². The topological polar surface area (TPSA) is 25.8 Å². The van der Waals surface area contributed by atoms with Crippen molar-refractivity contribution in [2.45, 2.75) is 0 Å². The average Bonchev–Trinajstić information content (AvgIpc) is 3.14. The van der Waals surface area contributed by atoms with Crippen LogP contribution in [0.4, 0.5) is 0 Å². The lowest BCUT2D eigenvalue weighted by Crippen LogP contribution is -1.96. The smallest absolute Gasteiger partial charge is 0.0978 e. The Balaban J connectivity index is 1.43. The third-order valence-corrected chi connectivity index (χ3v) is 9.11. The molecule has 2 heteroatoms. The van der Waals surface area contributed by atoms with Gasteiger partial charge in [0.2, 0.25) is 0 Å². The lowest BCUT2D eigenvalue weighted by atomic mass is 9.86. The minimum absolute atomic E-state index is 0.909. The molecule has 0 aliphatic carbocycles. The number of benzene rings is 7. The van der Waals surface area contributed by atoms with Crippen molar-refractivity contribution >= 4 is 43.4 Å². The zero-order valence-corrected chi connectivity index (χ0v) is 25.1. The molecule has 7 aromatic carbocycles. The van der Waals surface area contributed by atoms with Gasteiger partial charge in [0.15, 0.2) is 0 Å². The summed E-state index contributed by atoms with van der Waals surface area (Å²) >= 11 is 0. The minimum atomic E-state index is 0.909. The Morgan fingerprint density at radius 3 is 1.35 bits per heavy atom. The van der Waals surface area contributed by atoms with E-state index in [1.807, 2.05) is 6.20 Å². The summed E-state index contributed by atoms with van der Waals surface area (Å²) in [4.78, 5) is 10.5. The highest BCUT2D eigenvalue weighted by Crippen LogP contribution is 2.45. The van der Waals surface area contributed by atoms with Gasteiger partial charge in [0, 0.05) is 22.5 Å². The number of aromatic nitrogens is 2. The summed E-state index contributed by atoms with van der Waals surface area (Å²) in [6.45, 7) is 0. The second-order valence-corrected chi connectivity index (χ2v) is 11.7. The van der Waals surface area contributed by atoms with Gasteiger partial charge in [0.1, 0.15) is 0 Å². The molecule has 2 heterocycles. The van der Waals surface area contributed by atoms with E-state index in [0.29, 0.717) is 0 Å². The SMILES string of the molecule is c1ccc(-c2c3ccccc3c(-c3cc(-c4ccccc4)c4ccc5c(-c6ccccc6)ccnc5c4n3)c3ccccc23)cc1. The molecule has 46 heavy (non-hydrogen) atoms. The third-order valence-electron chi connectivity index (χ3n) is 9.11. The van der Waals surface area contributed by atoms with Crippen molar-refractivity contribution in [3.05, 3.63) is 170 Å². The zero-order valence-electron chi connectivity index (χ0n) is 25.1. The van der Waals surface area contributed by atoms with Crippen LogP contribution in [0.5, 0.6) is 0 Å². The maximum absolute atomic E-state index is 5.53. The number of fused-ring (bicyclic) bond motifs is 5. The number of hydrogen-bond acceptors (Lipinski definition) is 2. The molecule has 9 rings (SSSR count). The molecular formula is C44H28N2. The van der Waals surface area contributed by atoms with E-state index in [1.54, 1.807) is 0 Å². The van der Waals surface area contributed by atoms with Crippen LogP contribution < -0.4 is 0 Å². The molecule has 0 fully saturated rings. The maximum Gasteiger partial charge on any atom is 0.0978 e. The summed E-state index contributed by atoms with van der Waals surface area (Å²) in [6.07, 6.45) is 1.92. The quantitative estimate of drug-likeness (QED) is 0.152. The van der Waals surface area contributed by atoms with Gasteiger partial charge in [-0.1, -0.05) is 152 Å². The molecular weight excluding hydrogens is 556 g/mol. The van der Waals surface area contributed by atoms with Crippen molar-refractivity contribution in [1.82, 2.24) is 9.97 Å². The van der Waals surface area contributed by atoms with Crippen LogP contribution in [-0.4, -0.2) is 9.97 Å². The van der Waals surface area contributed by atoms with Crippen molar-refractivity contribution in [3.8, 4) is 44.6 Å². The molecule has 0 aliphatic rings. The summed E-state index contributed by atoms with van der Waals surface area (Å²) in [5, 5.41) is 6.99. The van der Waals surface area contributed by atoms with Crippen LogP contribution in [0, 0.1) is 0 Å². The van der Waals surface area contributed by atoms with Crippen LogP contribution in [0.1, 0.15) is 0 Å². The lowest BCUT2D eigenvalue weighted by molar-refractivity contribution is 1.37. The first-order valence-corrected chi connectivity index (χ1v) is 15.7. The fraction of sp³-hybridized carbons (Fsp3) is 0. The van der Waals surface area contributed by atoms with E-state index in [9.17, 15) is 0 Å². The van der Waals surface area contributed by atoms with Gasteiger partial charge in [0.25, 0.3) is 0 Å². The van der Waals surface area contributed by atoms with Crippen molar-refractivity contribution in [1.29, 1.82) is 0 Å². The van der Waals surface area contributed by atoms with Crippen molar-refractivity contribution in [3.63, 3.8) is 0 Å². The molecule has 0 spiro atoms. The average molecular weight is 585 g/mol. The van der Waals surface area contributed by atoms with Gasteiger partial charge in [0.05, 0.1) is 16.7 Å². The Morgan fingerprint density at radius 2 is 0.783 bits per heavy atom. The van der Waals surface area contributed by atoms with Crippen LogP contribution in [0.25, 0.3) is 88.0 Å². The van der Waals surface area contributed by atoms with E-state index in [-0.39, 0.29) is 0 Å². The van der Waals surface area contributed by atoms with Crippen LogP contribution >= 0.6 is 0 Å². The first-order chi connectivity index (χ1) is 22.8. The Bertz CT molecular complexity index is 2500. The van der Waals surface area contributed by atoms with Gasteiger partial charge in [-0.2, -0.15) is 0 Å². The van der Waals surface area contributed by atoms with Crippen molar-refractivity contribution in [2.75, 3.05) is 0 Å². The summed E-state index contributed by atoms with van der Waals surface area (Å²) in [7, 11) is 0. The fourth-order valence-corrected chi connectivity index (χ4v) is 7.08. The molecule has 2 nitrogen and oxygen atoms in total. The van der Waals surface area contributed by atoms with Crippen molar-refractivity contribution < 1.29 is 0 Å². The van der Waals surface area contributed by atoms with Crippen LogP contribution in [0.3, 0.4) is 0 Å². The van der Waals surface area contributed by atoms with Crippen LogP contribution in [0.2, 0.25) is 0 Å². The summed E-state index contributed by atoms with van der Waals surface area (Å²) in [5.74, 6) is 0. The van der Waals surface area contributed by atoms with E-state index >= 15 is 0 Å². The highest BCUT2D eigenvalue weighted by Gasteiger charge is 2.20. The Kier molecular flexibility index (Phi) is 6.17. The Labute approximate surface area is 267 Å². The number of hydrogen-bond donors (Lipinski definition) is 0. The number of pyridine rings is 2. The van der Waals surface area contributed by atoms with Gasteiger partial charge < -0.3 is 0 Å². The summed E-state index contributed by atoms with van der Waals surface area (Å²) in [6, 6.07) is 58.3. The highest BCUT2D eigenvalue weighted by molar-refractivity contribution is 6.22. The molecule has 0 saturated carbocycles. The molecule has 0 radical (unpaired) electrons. The second-order valence-electron chi connectivity index (χ2n) is 11.7. The largest absolute Gasteiger partial charge is 0.254 e. The van der Waals surface area contributed by atoms with E-state index < -0.39 is 0 Å². The maximum atomic E-state index is 5.53. The van der Waals surface area contributed by atoms with Gasteiger partial charge >= 0.3 is 0 Å².